The zero-order chi connectivity index (χ0) is 10.8. The van der Waals surface area contributed by atoms with Crippen LogP contribution in [-0.4, -0.2) is 18.4 Å². The molecule has 0 bridgehead atoms. The minimum Gasteiger partial charge on any atom is -0.367 e. The second-order valence-electron chi connectivity index (χ2n) is 3.15. The molecule has 1 atom stereocenters. The smallest absolute Gasteiger partial charge is 0.187 e. The van der Waals surface area contributed by atoms with Gasteiger partial charge >= 0.3 is 0 Å². The molecular weight excluding hydrogens is 192 g/mol. The lowest BCUT2D eigenvalue weighted by Crippen LogP contribution is -2.37. The van der Waals surface area contributed by atoms with Gasteiger partial charge in [0.2, 0.25) is 0 Å². The highest BCUT2D eigenvalue weighted by atomic mass is 16.7. The van der Waals surface area contributed by atoms with Gasteiger partial charge in [-0.25, -0.2) is 5.06 Å². The van der Waals surface area contributed by atoms with E-state index in [0.29, 0.717) is 0 Å². The van der Waals surface area contributed by atoms with Gasteiger partial charge in [0.15, 0.2) is 6.23 Å². The van der Waals surface area contributed by atoms with Crippen LogP contribution in [0, 0.1) is 11.3 Å². The number of benzene rings is 1. The Morgan fingerprint density at radius 3 is 2.87 bits per heavy atom. The Hall–Kier alpha value is -1.83. The normalized spacial score (nSPS) is 19.1. The summed E-state index contributed by atoms with van der Waals surface area (Å²) in [6.45, 7) is 0. The molecule has 1 aromatic rings. The first-order valence-electron chi connectivity index (χ1n) is 4.50. The number of fused-ring (bicyclic) bond motifs is 1. The monoisotopic (exact) mass is 202 g/mol. The molecule has 1 aliphatic rings. The van der Waals surface area contributed by atoms with Crippen molar-refractivity contribution in [3.8, 4) is 6.07 Å². The molecule has 0 spiro atoms. The molecule has 76 valence electrons. The molecule has 1 heterocycles. The van der Waals surface area contributed by atoms with Crippen LogP contribution in [0.25, 0.3) is 6.08 Å². The van der Waals surface area contributed by atoms with Gasteiger partial charge in [0.05, 0.1) is 24.4 Å². The first-order valence-corrected chi connectivity index (χ1v) is 4.50. The first-order chi connectivity index (χ1) is 7.27. The third kappa shape index (κ3) is 1.48. The molecule has 0 saturated heterocycles. The molecule has 4 heteroatoms. The SMILES string of the molecule is CON1c2ccccc2C=C(C#N)C1O. The van der Waals surface area contributed by atoms with Gasteiger partial charge in [0.25, 0.3) is 0 Å². The summed E-state index contributed by atoms with van der Waals surface area (Å²) in [5, 5.41) is 19.9. The van der Waals surface area contributed by atoms with Gasteiger partial charge in [-0.2, -0.15) is 5.26 Å². The largest absolute Gasteiger partial charge is 0.367 e. The van der Waals surface area contributed by atoms with Crippen LogP contribution in [0.1, 0.15) is 5.56 Å². The number of hydrogen-bond donors (Lipinski definition) is 1. The molecule has 0 radical (unpaired) electrons. The average Bonchev–Trinajstić information content (AvgIpc) is 2.28. The number of aliphatic hydroxyl groups is 1. The molecule has 0 aromatic heterocycles. The predicted molar refractivity (Wildman–Crippen MR) is 55.5 cm³/mol. The van der Waals surface area contributed by atoms with Gasteiger partial charge in [0.1, 0.15) is 0 Å². The van der Waals surface area contributed by atoms with Gasteiger partial charge in [-0.3, -0.25) is 4.84 Å². The van der Waals surface area contributed by atoms with E-state index in [0.717, 1.165) is 11.3 Å². The van der Waals surface area contributed by atoms with E-state index in [4.69, 9.17) is 10.1 Å². The molecule has 1 N–H and O–H groups in total. The Morgan fingerprint density at radius 2 is 2.20 bits per heavy atom. The highest BCUT2D eigenvalue weighted by Gasteiger charge is 2.26. The number of aliphatic hydroxyl groups excluding tert-OH is 1. The summed E-state index contributed by atoms with van der Waals surface area (Å²) in [5.74, 6) is 0. The minimum atomic E-state index is -1.03. The van der Waals surface area contributed by atoms with E-state index in [9.17, 15) is 5.11 Å². The van der Waals surface area contributed by atoms with E-state index in [1.165, 1.54) is 12.2 Å². The highest BCUT2D eigenvalue weighted by Crippen LogP contribution is 2.31. The molecule has 0 aliphatic carbocycles. The van der Waals surface area contributed by atoms with Crippen molar-refractivity contribution in [2.45, 2.75) is 6.23 Å². The van der Waals surface area contributed by atoms with Crippen molar-refractivity contribution >= 4 is 11.8 Å². The second-order valence-corrected chi connectivity index (χ2v) is 3.15. The van der Waals surface area contributed by atoms with Crippen molar-refractivity contribution in [2.24, 2.45) is 0 Å². The Labute approximate surface area is 87.6 Å². The maximum Gasteiger partial charge on any atom is 0.187 e. The summed E-state index contributed by atoms with van der Waals surface area (Å²) in [7, 11) is 1.46. The molecule has 1 aromatic carbocycles. The van der Waals surface area contributed by atoms with E-state index >= 15 is 0 Å². The van der Waals surface area contributed by atoms with Crippen LogP contribution in [0.5, 0.6) is 0 Å². The standard InChI is InChI=1S/C11H10N2O2/c1-15-13-10-5-3-2-4-8(10)6-9(7-12)11(13)14/h2-6,11,14H,1H3. The number of hydroxylamine groups is 1. The van der Waals surface area contributed by atoms with Crippen LogP contribution in [0.2, 0.25) is 0 Å². The van der Waals surface area contributed by atoms with Crippen molar-refractivity contribution in [2.75, 3.05) is 12.2 Å². The maximum absolute atomic E-state index is 9.79. The fourth-order valence-corrected chi connectivity index (χ4v) is 1.60. The molecule has 0 fully saturated rings. The third-order valence-electron chi connectivity index (χ3n) is 2.31. The Bertz CT molecular complexity index is 448. The van der Waals surface area contributed by atoms with Crippen LogP contribution >= 0.6 is 0 Å². The van der Waals surface area contributed by atoms with Crippen molar-refractivity contribution in [1.29, 1.82) is 5.26 Å². The van der Waals surface area contributed by atoms with E-state index in [1.54, 1.807) is 6.08 Å². The summed E-state index contributed by atoms with van der Waals surface area (Å²) in [6, 6.07) is 9.36. The van der Waals surface area contributed by atoms with Crippen molar-refractivity contribution in [3.63, 3.8) is 0 Å². The van der Waals surface area contributed by atoms with Gasteiger partial charge in [0, 0.05) is 5.56 Å². The second kappa shape index (κ2) is 3.73. The van der Waals surface area contributed by atoms with Gasteiger partial charge < -0.3 is 5.11 Å². The fraction of sp³-hybridized carbons (Fsp3) is 0.182. The van der Waals surface area contributed by atoms with Crippen LogP contribution in [0.3, 0.4) is 0 Å². The topological polar surface area (TPSA) is 56.5 Å². The zero-order valence-corrected chi connectivity index (χ0v) is 8.21. The van der Waals surface area contributed by atoms with Crippen LogP contribution in [-0.2, 0) is 4.84 Å². The third-order valence-corrected chi connectivity index (χ3v) is 2.31. The minimum absolute atomic E-state index is 0.274. The number of rotatable bonds is 1. The molecule has 1 aliphatic heterocycles. The number of hydrogen-bond acceptors (Lipinski definition) is 4. The lowest BCUT2D eigenvalue weighted by Gasteiger charge is -2.31. The summed E-state index contributed by atoms with van der Waals surface area (Å²) in [6.07, 6.45) is 0.630. The van der Waals surface area contributed by atoms with Crippen molar-refractivity contribution in [3.05, 3.63) is 35.4 Å². The molecule has 15 heavy (non-hydrogen) atoms. The highest BCUT2D eigenvalue weighted by molar-refractivity contribution is 5.75. The number of nitriles is 1. The van der Waals surface area contributed by atoms with E-state index in [1.807, 2.05) is 30.3 Å². The fourth-order valence-electron chi connectivity index (χ4n) is 1.60. The number of nitrogens with zero attached hydrogens (tertiary/aromatic N) is 2. The molecule has 0 saturated carbocycles. The summed E-state index contributed by atoms with van der Waals surface area (Å²) < 4.78 is 0. The Balaban J connectivity index is 2.56. The van der Waals surface area contributed by atoms with Gasteiger partial charge in [-0.1, -0.05) is 18.2 Å². The lowest BCUT2D eigenvalue weighted by atomic mass is 10.0. The van der Waals surface area contributed by atoms with E-state index < -0.39 is 6.23 Å². The summed E-state index contributed by atoms with van der Waals surface area (Å²) >= 11 is 0. The molecule has 0 amide bonds. The zero-order valence-electron chi connectivity index (χ0n) is 8.21. The number of para-hydroxylation sites is 1. The maximum atomic E-state index is 9.79. The van der Waals surface area contributed by atoms with Crippen molar-refractivity contribution < 1.29 is 9.94 Å². The summed E-state index contributed by atoms with van der Waals surface area (Å²) in [4.78, 5) is 5.05. The van der Waals surface area contributed by atoms with Crippen LogP contribution in [0.4, 0.5) is 5.69 Å². The van der Waals surface area contributed by atoms with Crippen LogP contribution in [0.15, 0.2) is 29.8 Å². The number of anilines is 1. The lowest BCUT2D eigenvalue weighted by molar-refractivity contribution is 0.0565. The van der Waals surface area contributed by atoms with Gasteiger partial charge in [-0.05, 0) is 12.1 Å². The average molecular weight is 202 g/mol. The van der Waals surface area contributed by atoms with Gasteiger partial charge in [-0.15, -0.1) is 0 Å². The molecule has 4 nitrogen and oxygen atoms in total. The first kappa shape index (κ1) is 9.71. The summed E-state index contributed by atoms with van der Waals surface area (Å²) in [5.41, 5.74) is 1.89. The van der Waals surface area contributed by atoms with Crippen molar-refractivity contribution in [1.82, 2.24) is 0 Å². The Morgan fingerprint density at radius 1 is 1.47 bits per heavy atom. The van der Waals surface area contributed by atoms with Crippen LogP contribution < -0.4 is 5.06 Å². The van der Waals surface area contributed by atoms with E-state index in [2.05, 4.69) is 0 Å². The predicted octanol–water partition coefficient (Wildman–Crippen LogP) is 1.29. The molecular formula is C11H10N2O2. The van der Waals surface area contributed by atoms with E-state index in [-0.39, 0.29) is 5.57 Å². The quantitative estimate of drug-likeness (QED) is 0.745. The Kier molecular flexibility index (Phi) is 2.42. The molecule has 1 unspecified atom stereocenters. The molecule has 2 rings (SSSR count).